The van der Waals surface area contributed by atoms with Crippen molar-refractivity contribution >= 4 is 17.7 Å². The third kappa shape index (κ3) is 3.75. The van der Waals surface area contributed by atoms with Gasteiger partial charge in [-0.15, -0.1) is 11.8 Å². The highest BCUT2D eigenvalue weighted by Gasteiger charge is 2.38. The van der Waals surface area contributed by atoms with Crippen LogP contribution in [0.1, 0.15) is 19.8 Å². The van der Waals surface area contributed by atoms with Gasteiger partial charge < -0.3 is 10.0 Å². The fourth-order valence-corrected chi connectivity index (χ4v) is 2.91. The molecule has 0 saturated carbocycles. The zero-order valence-electron chi connectivity index (χ0n) is 10.6. The fourth-order valence-electron chi connectivity index (χ4n) is 2.04. The largest absolute Gasteiger partial charge is 0.386 e. The molecule has 1 saturated heterocycles. The minimum atomic E-state index is -0.658. The molecule has 0 aromatic heterocycles. The molecule has 1 amide bonds. The third-order valence-corrected chi connectivity index (χ3v) is 4.06. The van der Waals surface area contributed by atoms with Crippen molar-refractivity contribution in [3.63, 3.8) is 0 Å². The van der Waals surface area contributed by atoms with Crippen LogP contribution in [0.4, 0.5) is 0 Å². The number of hydrogen-bond acceptors (Lipinski definition) is 3. The summed E-state index contributed by atoms with van der Waals surface area (Å²) in [4.78, 5) is 14.7. The van der Waals surface area contributed by atoms with E-state index in [-0.39, 0.29) is 5.91 Å². The molecular formula is C14H19NO2S. The van der Waals surface area contributed by atoms with Gasteiger partial charge in [-0.1, -0.05) is 18.2 Å². The Morgan fingerprint density at radius 3 is 2.67 bits per heavy atom. The molecular weight excluding hydrogens is 246 g/mol. The monoisotopic (exact) mass is 265 g/mol. The normalized spacial score (nSPS) is 17.3. The SMILES string of the molecule is CC1(O)CN(C(=O)CCCSc2ccccc2)C1. The van der Waals surface area contributed by atoms with Gasteiger partial charge in [0, 0.05) is 11.3 Å². The lowest BCUT2D eigenvalue weighted by atomic mass is 9.96. The Bertz CT molecular complexity index is 398. The number of likely N-dealkylation sites (tertiary alicyclic amines) is 1. The molecule has 1 N–H and O–H groups in total. The van der Waals surface area contributed by atoms with E-state index in [0.717, 1.165) is 12.2 Å². The first kappa shape index (κ1) is 13.4. The molecule has 0 spiro atoms. The average Bonchev–Trinajstić information content (AvgIpc) is 2.32. The number of carbonyl (C=O) groups excluding carboxylic acids is 1. The highest BCUT2D eigenvalue weighted by atomic mass is 32.2. The Hall–Kier alpha value is -1.00. The van der Waals surface area contributed by atoms with Crippen molar-refractivity contribution in [1.29, 1.82) is 0 Å². The summed E-state index contributed by atoms with van der Waals surface area (Å²) < 4.78 is 0. The van der Waals surface area contributed by atoms with Crippen LogP contribution in [0.2, 0.25) is 0 Å². The zero-order valence-corrected chi connectivity index (χ0v) is 11.4. The summed E-state index contributed by atoms with van der Waals surface area (Å²) in [6.45, 7) is 2.73. The quantitative estimate of drug-likeness (QED) is 0.655. The van der Waals surface area contributed by atoms with Gasteiger partial charge in [0.1, 0.15) is 0 Å². The van der Waals surface area contributed by atoms with Crippen LogP contribution in [0, 0.1) is 0 Å². The predicted octanol–water partition coefficient (Wildman–Crippen LogP) is 2.15. The van der Waals surface area contributed by atoms with Crippen LogP contribution in [0.5, 0.6) is 0 Å². The molecule has 2 rings (SSSR count). The maximum absolute atomic E-state index is 11.7. The molecule has 0 unspecified atom stereocenters. The van der Waals surface area contributed by atoms with E-state index in [1.165, 1.54) is 4.90 Å². The molecule has 3 nitrogen and oxygen atoms in total. The first-order valence-electron chi connectivity index (χ1n) is 6.25. The van der Waals surface area contributed by atoms with E-state index in [0.29, 0.717) is 19.5 Å². The summed E-state index contributed by atoms with van der Waals surface area (Å²) in [5.74, 6) is 1.12. The van der Waals surface area contributed by atoms with E-state index in [4.69, 9.17) is 0 Å². The summed E-state index contributed by atoms with van der Waals surface area (Å²) in [6, 6.07) is 10.2. The zero-order chi connectivity index (χ0) is 13.0. The van der Waals surface area contributed by atoms with E-state index in [9.17, 15) is 9.90 Å². The second-order valence-electron chi connectivity index (χ2n) is 5.01. The maximum atomic E-state index is 11.7. The summed E-state index contributed by atoms with van der Waals surface area (Å²) >= 11 is 1.78. The van der Waals surface area contributed by atoms with Gasteiger partial charge in [0.15, 0.2) is 0 Å². The van der Waals surface area contributed by atoms with Crippen LogP contribution in [0.25, 0.3) is 0 Å². The number of benzene rings is 1. The molecule has 0 aliphatic carbocycles. The van der Waals surface area contributed by atoms with Crippen LogP contribution in [0.15, 0.2) is 35.2 Å². The number of thioether (sulfide) groups is 1. The van der Waals surface area contributed by atoms with Crippen LogP contribution in [0.3, 0.4) is 0 Å². The Labute approximate surface area is 112 Å². The van der Waals surface area contributed by atoms with E-state index in [1.807, 2.05) is 18.2 Å². The van der Waals surface area contributed by atoms with E-state index in [2.05, 4.69) is 12.1 Å². The molecule has 1 aliphatic heterocycles. The van der Waals surface area contributed by atoms with Crippen molar-refractivity contribution in [2.75, 3.05) is 18.8 Å². The van der Waals surface area contributed by atoms with Crippen LogP contribution in [-0.4, -0.2) is 40.4 Å². The van der Waals surface area contributed by atoms with E-state index < -0.39 is 5.60 Å². The first-order valence-corrected chi connectivity index (χ1v) is 7.23. The third-order valence-electron chi connectivity index (χ3n) is 2.96. The second kappa shape index (κ2) is 5.76. The van der Waals surface area contributed by atoms with Gasteiger partial charge in [-0.3, -0.25) is 4.79 Å². The van der Waals surface area contributed by atoms with Gasteiger partial charge in [-0.25, -0.2) is 0 Å². The van der Waals surface area contributed by atoms with Crippen LogP contribution < -0.4 is 0 Å². The topological polar surface area (TPSA) is 40.5 Å². The first-order chi connectivity index (χ1) is 8.57. The number of amides is 1. The standard InChI is InChI=1S/C14H19NO2S/c1-14(17)10-15(11-14)13(16)8-5-9-18-12-6-3-2-4-7-12/h2-4,6-7,17H,5,8-11H2,1H3. The highest BCUT2D eigenvalue weighted by molar-refractivity contribution is 7.99. The Morgan fingerprint density at radius 2 is 2.06 bits per heavy atom. The molecule has 1 aliphatic rings. The summed E-state index contributed by atoms with van der Waals surface area (Å²) in [7, 11) is 0. The van der Waals surface area contributed by atoms with Gasteiger partial charge in [-0.2, -0.15) is 0 Å². The number of carbonyl (C=O) groups is 1. The van der Waals surface area contributed by atoms with Gasteiger partial charge in [0.25, 0.3) is 0 Å². The Morgan fingerprint density at radius 1 is 1.39 bits per heavy atom. The van der Waals surface area contributed by atoms with Gasteiger partial charge in [-0.05, 0) is 31.2 Å². The molecule has 1 heterocycles. The average molecular weight is 265 g/mol. The van der Waals surface area contributed by atoms with Crippen molar-refractivity contribution in [2.24, 2.45) is 0 Å². The minimum Gasteiger partial charge on any atom is -0.386 e. The number of β-amino-alcohol motifs (C(OH)–C–C–N with tert-alkyl or cyclic N) is 1. The van der Waals surface area contributed by atoms with E-state index >= 15 is 0 Å². The molecule has 1 aromatic rings. The molecule has 1 aromatic carbocycles. The molecule has 0 radical (unpaired) electrons. The van der Waals surface area contributed by atoms with Crippen molar-refractivity contribution in [2.45, 2.75) is 30.3 Å². The molecule has 1 fully saturated rings. The fraction of sp³-hybridized carbons (Fsp3) is 0.500. The molecule has 18 heavy (non-hydrogen) atoms. The van der Waals surface area contributed by atoms with Crippen LogP contribution in [-0.2, 0) is 4.79 Å². The number of rotatable bonds is 5. The second-order valence-corrected chi connectivity index (χ2v) is 6.18. The lowest BCUT2D eigenvalue weighted by molar-refractivity contribution is -0.152. The minimum absolute atomic E-state index is 0.162. The number of nitrogens with zero attached hydrogens (tertiary/aromatic N) is 1. The smallest absolute Gasteiger partial charge is 0.222 e. The van der Waals surface area contributed by atoms with Crippen LogP contribution >= 0.6 is 11.8 Å². The molecule has 0 bridgehead atoms. The summed E-state index contributed by atoms with van der Waals surface area (Å²) in [5, 5.41) is 9.55. The number of aliphatic hydroxyl groups is 1. The van der Waals surface area contributed by atoms with Crippen molar-refractivity contribution in [3.05, 3.63) is 30.3 Å². The predicted molar refractivity (Wildman–Crippen MR) is 73.6 cm³/mol. The summed E-state index contributed by atoms with van der Waals surface area (Å²) in [6.07, 6.45) is 1.47. The molecule has 98 valence electrons. The molecule has 0 atom stereocenters. The van der Waals surface area contributed by atoms with Crippen molar-refractivity contribution in [3.8, 4) is 0 Å². The van der Waals surface area contributed by atoms with Gasteiger partial charge in [0.05, 0.1) is 18.7 Å². The van der Waals surface area contributed by atoms with E-state index in [1.54, 1.807) is 23.6 Å². The lowest BCUT2D eigenvalue weighted by Gasteiger charge is -2.44. The van der Waals surface area contributed by atoms with Gasteiger partial charge in [0.2, 0.25) is 5.91 Å². The van der Waals surface area contributed by atoms with Crippen molar-refractivity contribution < 1.29 is 9.90 Å². The Balaban J connectivity index is 1.60. The maximum Gasteiger partial charge on any atom is 0.222 e. The van der Waals surface area contributed by atoms with Crippen molar-refractivity contribution in [1.82, 2.24) is 4.90 Å². The molecule has 4 heteroatoms. The highest BCUT2D eigenvalue weighted by Crippen LogP contribution is 2.22. The van der Waals surface area contributed by atoms with Gasteiger partial charge >= 0.3 is 0 Å². The number of hydrogen-bond donors (Lipinski definition) is 1. The Kier molecular flexibility index (Phi) is 4.30. The summed E-state index contributed by atoms with van der Waals surface area (Å²) in [5.41, 5.74) is -0.658. The lowest BCUT2D eigenvalue weighted by Crippen LogP contribution is -2.61.